The molecule has 0 aromatic carbocycles. The molecule has 0 aliphatic carbocycles. The molecule has 2 aliphatic heterocycles. The van der Waals surface area contributed by atoms with Gasteiger partial charge in [0.05, 0.1) is 25.5 Å². The second-order valence-corrected chi connectivity index (χ2v) is 5.88. The fourth-order valence-corrected chi connectivity index (χ4v) is 3.14. The van der Waals surface area contributed by atoms with Crippen LogP contribution in [0.3, 0.4) is 0 Å². The lowest BCUT2D eigenvalue weighted by Crippen LogP contribution is -2.36. The van der Waals surface area contributed by atoms with Crippen LogP contribution in [0.15, 0.2) is 24.0 Å². The molecule has 110 valence electrons. The summed E-state index contributed by atoms with van der Waals surface area (Å²) in [6.07, 6.45) is 7.10. The monoisotopic (exact) mass is 277 g/mol. The fraction of sp³-hybridized carbons (Fsp3) is 0.714. The number of aromatic nitrogens is 3. The van der Waals surface area contributed by atoms with Crippen molar-refractivity contribution in [1.82, 2.24) is 24.8 Å². The lowest BCUT2D eigenvalue weighted by atomic mass is 10.1. The first kappa shape index (κ1) is 13.7. The summed E-state index contributed by atoms with van der Waals surface area (Å²) in [6, 6.07) is 0.847. The molecular formula is C14H23N5O. The Morgan fingerprint density at radius 2 is 2.30 bits per heavy atom. The molecule has 2 atom stereocenters. The van der Waals surface area contributed by atoms with Crippen LogP contribution in [0, 0.1) is 0 Å². The third-order valence-electron chi connectivity index (χ3n) is 4.19. The predicted molar refractivity (Wildman–Crippen MR) is 76.5 cm³/mol. The Hall–Kier alpha value is -1.24. The lowest BCUT2D eigenvalue weighted by Gasteiger charge is -2.24. The van der Waals surface area contributed by atoms with E-state index in [1.165, 1.54) is 5.57 Å². The zero-order valence-electron chi connectivity index (χ0n) is 12.3. The Labute approximate surface area is 120 Å². The van der Waals surface area contributed by atoms with Gasteiger partial charge in [0, 0.05) is 31.9 Å². The summed E-state index contributed by atoms with van der Waals surface area (Å²) in [5.74, 6) is 0. The molecule has 3 rings (SSSR count). The van der Waals surface area contributed by atoms with Crippen molar-refractivity contribution in [2.45, 2.75) is 18.5 Å². The third-order valence-corrected chi connectivity index (χ3v) is 4.19. The van der Waals surface area contributed by atoms with E-state index in [4.69, 9.17) is 4.74 Å². The van der Waals surface area contributed by atoms with E-state index in [1.807, 2.05) is 10.9 Å². The minimum atomic E-state index is 0.373. The first-order valence-corrected chi connectivity index (χ1v) is 7.24. The maximum atomic E-state index is 5.53. The first-order valence-electron chi connectivity index (χ1n) is 7.24. The van der Waals surface area contributed by atoms with Gasteiger partial charge >= 0.3 is 0 Å². The highest BCUT2D eigenvalue weighted by molar-refractivity contribution is 5.09. The highest BCUT2D eigenvalue weighted by Crippen LogP contribution is 2.25. The van der Waals surface area contributed by atoms with Crippen LogP contribution in [0.5, 0.6) is 0 Å². The van der Waals surface area contributed by atoms with E-state index in [2.05, 4.69) is 40.3 Å². The molecule has 1 aromatic rings. The maximum Gasteiger partial charge on any atom is 0.0830 e. The normalized spacial score (nSPS) is 28.1. The summed E-state index contributed by atoms with van der Waals surface area (Å²) in [5, 5.41) is 8.13. The minimum Gasteiger partial charge on any atom is -0.377 e. The lowest BCUT2D eigenvalue weighted by molar-refractivity contribution is 0.143. The highest BCUT2D eigenvalue weighted by atomic mass is 16.5. The van der Waals surface area contributed by atoms with Crippen LogP contribution in [-0.2, 0) is 4.74 Å². The fourth-order valence-electron chi connectivity index (χ4n) is 3.14. The molecular weight excluding hydrogens is 254 g/mol. The van der Waals surface area contributed by atoms with Crippen LogP contribution in [0.2, 0.25) is 0 Å². The van der Waals surface area contributed by atoms with Gasteiger partial charge in [-0.2, -0.15) is 0 Å². The van der Waals surface area contributed by atoms with E-state index in [1.54, 1.807) is 6.20 Å². The van der Waals surface area contributed by atoms with Crippen molar-refractivity contribution >= 4 is 0 Å². The van der Waals surface area contributed by atoms with E-state index >= 15 is 0 Å². The first-order chi connectivity index (χ1) is 9.74. The highest BCUT2D eigenvalue weighted by Gasteiger charge is 2.36. The van der Waals surface area contributed by atoms with Crippen molar-refractivity contribution in [2.75, 3.05) is 46.9 Å². The summed E-state index contributed by atoms with van der Waals surface area (Å²) in [5.41, 5.74) is 1.41. The maximum absolute atomic E-state index is 5.53. The van der Waals surface area contributed by atoms with Crippen LogP contribution < -0.4 is 0 Å². The molecule has 0 spiro atoms. The zero-order chi connectivity index (χ0) is 13.9. The van der Waals surface area contributed by atoms with Gasteiger partial charge in [-0.05, 0) is 26.1 Å². The standard InChI is InChI=1S/C14H23N5O/c1-17(2)13-9-18(8-12-4-3-7-20-11-12)10-14(13)19-6-5-15-16-19/h4-6,13-14H,3,7-11H2,1-2H3/t13-,14+/m1/s1. The molecule has 1 fully saturated rings. The van der Waals surface area contributed by atoms with Gasteiger partial charge in [0.1, 0.15) is 0 Å². The van der Waals surface area contributed by atoms with E-state index < -0.39 is 0 Å². The van der Waals surface area contributed by atoms with Gasteiger partial charge < -0.3 is 9.64 Å². The number of likely N-dealkylation sites (tertiary alicyclic amines) is 1. The Kier molecular flexibility index (Phi) is 4.14. The van der Waals surface area contributed by atoms with Gasteiger partial charge in [-0.25, -0.2) is 4.68 Å². The summed E-state index contributed by atoms with van der Waals surface area (Å²) in [6.45, 7) is 4.75. The van der Waals surface area contributed by atoms with Crippen molar-refractivity contribution in [3.05, 3.63) is 24.0 Å². The molecule has 0 bridgehead atoms. The molecule has 1 aromatic heterocycles. The van der Waals surface area contributed by atoms with Gasteiger partial charge in [-0.3, -0.25) is 4.90 Å². The predicted octanol–water partition coefficient (Wildman–Crippen LogP) is 0.412. The van der Waals surface area contributed by atoms with Gasteiger partial charge in [0.15, 0.2) is 0 Å². The van der Waals surface area contributed by atoms with Crippen LogP contribution in [0.4, 0.5) is 0 Å². The number of likely N-dealkylation sites (N-methyl/N-ethyl adjacent to an activating group) is 1. The zero-order valence-corrected chi connectivity index (χ0v) is 12.3. The Balaban J connectivity index is 1.68. The molecule has 1 saturated heterocycles. The van der Waals surface area contributed by atoms with Gasteiger partial charge in [-0.1, -0.05) is 11.3 Å². The van der Waals surface area contributed by atoms with Crippen LogP contribution in [0.1, 0.15) is 12.5 Å². The van der Waals surface area contributed by atoms with Gasteiger partial charge in [0.2, 0.25) is 0 Å². The van der Waals surface area contributed by atoms with E-state index in [-0.39, 0.29) is 0 Å². The smallest absolute Gasteiger partial charge is 0.0830 e. The number of hydrogen-bond acceptors (Lipinski definition) is 5. The van der Waals surface area contributed by atoms with E-state index in [0.717, 1.165) is 39.3 Å². The molecule has 0 radical (unpaired) electrons. The molecule has 3 heterocycles. The number of hydrogen-bond donors (Lipinski definition) is 0. The summed E-state index contributed by atoms with van der Waals surface area (Å²) in [4.78, 5) is 4.79. The topological polar surface area (TPSA) is 46.4 Å². The summed E-state index contributed by atoms with van der Waals surface area (Å²) in [7, 11) is 4.28. The van der Waals surface area contributed by atoms with Crippen LogP contribution in [-0.4, -0.2) is 77.8 Å². The summed E-state index contributed by atoms with van der Waals surface area (Å²) < 4.78 is 7.53. The average Bonchev–Trinajstić information content (AvgIpc) is 3.08. The average molecular weight is 277 g/mol. The molecule has 0 saturated carbocycles. The van der Waals surface area contributed by atoms with Gasteiger partial charge in [0.25, 0.3) is 0 Å². The van der Waals surface area contributed by atoms with Crippen molar-refractivity contribution in [3.8, 4) is 0 Å². The molecule has 6 heteroatoms. The Morgan fingerprint density at radius 1 is 1.40 bits per heavy atom. The third kappa shape index (κ3) is 2.92. The van der Waals surface area contributed by atoms with Crippen molar-refractivity contribution in [3.63, 3.8) is 0 Å². The van der Waals surface area contributed by atoms with E-state index in [0.29, 0.717) is 12.1 Å². The van der Waals surface area contributed by atoms with Crippen LogP contribution >= 0.6 is 0 Å². The van der Waals surface area contributed by atoms with Crippen molar-refractivity contribution < 1.29 is 4.74 Å². The largest absolute Gasteiger partial charge is 0.377 e. The minimum absolute atomic E-state index is 0.373. The second kappa shape index (κ2) is 6.03. The quantitative estimate of drug-likeness (QED) is 0.746. The molecule has 6 nitrogen and oxygen atoms in total. The Bertz CT molecular complexity index is 456. The second-order valence-electron chi connectivity index (χ2n) is 5.88. The molecule has 0 unspecified atom stereocenters. The van der Waals surface area contributed by atoms with E-state index in [9.17, 15) is 0 Å². The molecule has 2 aliphatic rings. The molecule has 0 N–H and O–H groups in total. The number of ether oxygens (including phenoxy) is 1. The SMILES string of the molecule is CN(C)[C@@H]1CN(CC2=CCCOC2)C[C@@H]1n1ccnn1. The number of nitrogens with zero attached hydrogens (tertiary/aromatic N) is 5. The molecule has 20 heavy (non-hydrogen) atoms. The Morgan fingerprint density at radius 3 is 2.95 bits per heavy atom. The van der Waals surface area contributed by atoms with Crippen molar-refractivity contribution in [2.24, 2.45) is 0 Å². The number of rotatable bonds is 4. The van der Waals surface area contributed by atoms with Crippen LogP contribution in [0.25, 0.3) is 0 Å². The molecule has 0 amide bonds. The summed E-state index contributed by atoms with van der Waals surface area (Å²) >= 11 is 0. The van der Waals surface area contributed by atoms with Crippen molar-refractivity contribution in [1.29, 1.82) is 0 Å². The van der Waals surface area contributed by atoms with Gasteiger partial charge in [-0.15, -0.1) is 5.10 Å².